The summed E-state index contributed by atoms with van der Waals surface area (Å²) in [5, 5.41) is 1.06. The van der Waals surface area contributed by atoms with E-state index in [1.807, 2.05) is 18.2 Å². The molecule has 0 aliphatic heterocycles. The van der Waals surface area contributed by atoms with Gasteiger partial charge in [-0.05, 0) is 42.3 Å². The van der Waals surface area contributed by atoms with Gasteiger partial charge in [0.15, 0.2) is 0 Å². The Kier molecular flexibility index (Phi) is 4.81. The predicted molar refractivity (Wildman–Crippen MR) is 78.4 cm³/mol. The van der Waals surface area contributed by atoms with Crippen LogP contribution in [0.2, 0.25) is 10.0 Å². The third-order valence-electron chi connectivity index (χ3n) is 3.10. The molecule has 0 bridgehead atoms. The Morgan fingerprint density at radius 1 is 1.11 bits per heavy atom. The van der Waals surface area contributed by atoms with Crippen molar-refractivity contribution in [3.8, 4) is 0 Å². The van der Waals surface area contributed by atoms with Crippen LogP contribution in [-0.2, 0) is 6.42 Å². The lowest BCUT2D eigenvalue weighted by Gasteiger charge is -2.16. The number of halogens is 3. The summed E-state index contributed by atoms with van der Waals surface area (Å²) in [6.07, 6.45) is 0.638. The maximum absolute atomic E-state index is 13.3. The van der Waals surface area contributed by atoms with Crippen LogP contribution >= 0.6 is 23.2 Å². The quantitative estimate of drug-likeness (QED) is 0.888. The molecule has 0 radical (unpaired) electrons. The lowest BCUT2D eigenvalue weighted by molar-refractivity contribution is 0.616. The molecule has 2 aromatic rings. The number of hydrogen-bond donors (Lipinski definition) is 1. The second kappa shape index (κ2) is 6.38. The van der Waals surface area contributed by atoms with Crippen molar-refractivity contribution < 1.29 is 4.39 Å². The van der Waals surface area contributed by atoms with E-state index in [4.69, 9.17) is 28.9 Å². The van der Waals surface area contributed by atoms with Crippen LogP contribution in [0.4, 0.5) is 4.39 Å². The summed E-state index contributed by atoms with van der Waals surface area (Å²) < 4.78 is 13.3. The van der Waals surface area contributed by atoms with Crippen LogP contribution in [0, 0.1) is 5.82 Å². The zero-order chi connectivity index (χ0) is 13.8. The van der Waals surface area contributed by atoms with Gasteiger partial charge >= 0.3 is 0 Å². The van der Waals surface area contributed by atoms with Crippen LogP contribution in [0.3, 0.4) is 0 Å². The van der Waals surface area contributed by atoms with Crippen molar-refractivity contribution in [2.24, 2.45) is 5.73 Å². The summed E-state index contributed by atoms with van der Waals surface area (Å²) in [5.41, 5.74) is 7.59. The molecule has 0 saturated carbocycles. The van der Waals surface area contributed by atoms with Crippen molar-refractivity contribution in [1.82, 2.24) is 0 Å². The standard InChI is InChI=1S/C15H14Cl2FN/c16-14-6-2-4-11(15(14)17)7-12(9-19)10-3-1-5-13(18)8-10/h1-6,8,12H,7,9,19H2. The monoisotopic (exact) mass is 297 g/mol. The summed E-state index contributed by atoms with van der Waals surface area (Å²) in [5.74, 6) is -0.236. The molecule has 0 aromatic heterocycles. The van der Waals surface area contributed by atoms with Crippen LogP contribution in [0.5, 0.6) is 0 Å². The van der Waals surface area contributed by atoms with Gasteiger partial charge in [0.25, 0.3) is 0 Å². The van der Waals surface area contributed by atoms with E-state index in [1.165, 1.54) is 12.1 Å². The third kappa shape index (κ3) is 3.47. The minimum Gasteiger partial charge on any atom is -0.330 e. The smallest absolute Gasteiger partial charge is 0.123 e. The van der Waals surface area contributed by atoms with Crippen molar-refractivity contribution >= 4 is 23.2 Å². The Labute approximate surface area is 122 Å². The van der Waals surface area contributed by atoms with Gasteiger partial charge in [-0.1, -0.05) is 47.5 Å². The van der Waals surface area contributed by atoms with E-state index in [2.05, 4.69) is 0 Å². The Morgan fingerprint density at radius 2 is 1.84 bits per heavy atom. The molecule has 0 aliphatic rings. The number of rotatable bonds is 4. The SMILES string of the molecule is NCC(Cc1cccc(Cl)c1Cl)c1cccc(F)c1. The van der Waals surface area contributed by atoms with E-state index in [0.29, 0.717) is 23.0 Å². The highest BCUT2D eigenvalue weighted by Crippen LogP contribution is 2.29. The highest BCUT2D eigenvalue weighted by molar-refractivity contribution is 6.42. The summed E-state index contributed by atoms with van der Waals surface area (Å²) in [6, 6.07) is 12.0. The molecule has 1 nitrogen and oxygen atoms in total. The molecule has 0 amide bonds. The average Bonchev–Trinajstić information content (AvgIpc) is 2.40. The van der Waals surface area contributed by atoms with Gasteiger partial charge in [-0.25, -0.2) is 4.39 Å². The van der Waals surface area contributed by atoms with Gasteiger partial charge in [0, 0.05) is 5.92 Å². The minimum absolute atomic E-state index is 0.0201. The lowest BCUT2D eigenvalue weighted by atomic mass is 9.92. The molecule has 0 aliphatic carbocycles. The molecule has 100 valence electrons. The molecule has 1 atom stereocenters. The fraction of sp³-hybridized carbons (Fsp3) is 0.200. The van der Waals surface area contributed by atoms with E-state index >= 15 is 0 Å². The van der Waals surface area contributed by atoms with Crippen LogP contribution < -0.4 is 5.73 Å². The molecule has 0 heterocycles. The van der Waals surface area contributed by atoms with E-state index < -0.39 is 0 Å². The number of hydrogen-bond acceptors (Lipinski definition) is 1. The fourth-order valence-electron chi connectivity index (χ4n) is 2.07. The maximum Gasteiger partial charge on any atom is 0.123 e. The fourth-order valence-corrected chi connectivity index (χ4v) is 2.47. The van der Waals surface area contributed by atoms with Crippen LogP contribution in [0.1, 0.15) is 17.0 Å². The molecule has 4 heteroatoms. The molecule has 2 aromatic carbocycles. The Morgan fingerprint density at radius 3 is 2.53 bits per heavy atom. The molecule has 0 fully saturated rings. The highest BCUT2D eigenvalue weighted by Gasteiger charge is 2.14. The predicted octanol–water partition coefficient (Wildman–Crippen LogP) is 4.42. The van der Waals surface area contributed by atoms with Crippen LogP contribution in [-0.4, -0.2) is 6.54 Å². The van der Waals surface area contributed by atoms with Crippen molar-refractivity contribution in [2.75, 3.05) is 6.54 Å². The Bertz CT molecular complexity index is 572. The number of benzene rings is 2. The van der Waals surface area contributed by atoms with Crippen molar-refractivity contribution in [3.63, 3.8) is 0 Å². The molecule has 0 saturated heterocycles. The summed E-state index contributed by atoms with van der Waals surface area (Å²) in [7, 11) is 0. The van der Waals surface area contributed by atoms with Crippen molar-refractivity contribution in [3.05, 3.63) is 69.5 Å². The first kappa shape index (κ1) is 14.3. The maximum atomic E-state index is 13.3. The molecule has 19 heavy (non-hydrogen) atoms. The topological polar surface area (TPSA) is 26.0 Å². The van der Waals surface area contributed by atoms with E-state index in [0.717, 1.165) is 11.1 Å². The van der Waals surface area contributed by atoms with Crippen molar-refractivity contribution in [2.45, 2.75) is 12.3 Å². The minimum atomic E-state index is -0.256. The van der Waals surface area contributed by atoms with Gasteiger partial charge in [-0.15, -0.1) is 0 Å². The zero-order valence-electron chi connectivity index (χ0n) is 10.2. The summed E-state index contributed by atoms with van der Waals surface area (Å²) >= 11 is 12.2. The molecule has 1 unspecified atom stereocenters. The Hall–Kier alpha value is -1.09. The van der Waals surface area contributed by atoms with Gasteiger partial charge in [0.05, 0.1) is 10.0 Å². The Balaban J connectivity index is 2.26. The van der Waals surface area contributed by atoms with E-state index in [9.17, 15) is 4.39 Å². The molecule has 2 N–H and O–H groups in total. The first-order valence-electron chi connectivity index (χ1n) is 6.00. The van der Waals surface area contributed by atoms with Gasteiger partial charge < -0.3 is 5.73 Å². The second-order valence-electron chi connectivity index (χ2n) is 4.40. The molecular weight excluding hydrogens is 284 g/mol. The van der Waals surface area contributed by atoms with Gasteiger partial charge in [0.2, 0.25) is 0 Å². The summed E-state index contributed by atoms with van der Waals surface area (Å²) in [6.45, 7) is 0.423. The van der Waals surface area contributed by atoms with Gasteiger partial charge in [0.1, 0.15) is 5.82 Å². The number of nitrogens with two attached hydrogens (primary N) is 1. The molecule has 0 spiro atoms. The van der Waals surface area contributed by atoms with Crippen LogP contribution in [0.25, 0.3) is 0 Å². The largest absolute Gasteiger partial charge is 0.330 e. The second-order valence-corrected chi connectivity index (χ2v) is 5.19. The average molecular weight is 298 g/mol. The lowest BCUT2D eigenvalue weighted by Crippen LogP contribution is -2.15. The highest BCUT2D eigenvalue weighted by atomic mass is 35.5. The first-order chi connectivity index (χ1) is 9.11. The zero-order valence-corrected chi connectivity index (χ0v) is 11.8. The third-order valence-corrected chi connectivity index (χ3v) is 3.96. The van der Waals surface area contributed by atoms with Gasteiger partial charge in [-0.2, -0.15) is 0 Å². The van der Waals surface area contributed by atoms with Crippen molar-refractivity contribution in [1.29, 1.82) is 0 Å². The van der Waals surface area contributed by atoms with E-state index in [1.54, 1.807) is 12.1 Å². The summed E-state index contributed by atoms with van der Waals surface area (Å²) in [4.78, 5) is 0. The molecular formula is C15H14Cl2FN. The normalized spacial score (nSPS) is 12.4. The first-order valence-corrected chi connectivity index (χ1v) is 6.76. The van der Waals surface area contributed by atoms with E-state index in [-0.39, 0.29) is 11.7 Å². The van der Waals surface area contributed by atoms with Gasteiger partial charge in [-0.3, -0.25) is 0 Å². The molecule has 2 rings (SSSR count). The van der Waals surface area contributed by atoms with Crippen LogP contribution in [0.15, 0.2) is 42.5 Å².